The van der Waals surface area contributed by atoms with Gasteiger partial charge in [0.15, 0.2) is 23.0 Å². The van der Waals surface area contributed by atoms with E-state index in [1.165, 1.54) is 11.1 Å². The second-order valence-electron chi connectivity index (χ2n) is 12.1. The van der Waals surface area contributed by atoms with Gasteiger partial charge in [0.05, 0.1) is 34.5 Å². The highest BCUT2D eigenvalue weighted by Gasteiger charge is 2.34. The third-order valence-corrected chi connectivity index (χ3v) is 9.50. The average Bonchev–Trinajstić information content (AvgIpc) is 3.07. The number of nitrogens with zero attached hydrogens (tertiary/aromatic N) is 2. The molecule has 0 saturated carbocycles. The predicted octanol–water partition coefficient (Wildman–Crippen LogP) is 7.59. The van der Waals surface area contributed by atoms with Gasteiger partial charge in [-0.3, -0.25) is 4.90 Å². The lowest BCUT2D eigenvalue weighted by atomic mass is 9.87. The second-order valence-corrected chi connectivity index (χ2v) is 12.1. The monoisotopic (exact) mass is 620 g/mol. The molecule has 0 spiro atoms. The first kappa shape index (κ1) is 29.9. The van der Waals surface area contributed by atoms with E-state index >= 15 is 0 Å². The van der Waals surface area contributed by atoms with Crippen LogP contribution in [0.1, 0.15) is 45.5 Å². The molecule has 4 aromatic carbocycles. The number of methoxy groups -OCH3 is 4. The maximum Gasteiger partial charge on any atom is 0.204 e. The van der Waals surface area contributed by atoms with Crippen molar-refractivity contribution in [2.75, 3.05) is 49.1 Å². The fourth-order valence-corrected chi connectivity index (χ4v) is 7.03. The summed E-state index contributed by atoms with van der Waals surface area (Å²) in [5, 5.41) is 0. The van der Waals surface area contributed by atoms with E-state index in [1.54, 1.807) is 28.4 Å². The molecule has 4 aromatic rings. The molecule has 10 rings (SSSR count). The molecule has 8 nitrogen and oxygen atoms in total. The van der Waals surface area contributed by atoms with Crippen LogP contribution in [-0.2, 0) is 19.3 Å². The van der Waals surface area contributed by atoms with Gasteiger partial charge < -0.3 is 33.3 Å². The van der Waals surface area contributed by atoms with Crippen LogP contribution in [-0.4, -0.2) is 58.9 Å². The van der Waals surface area contributed by atoms with Crippen molar-refractivity contribution in [3.05, 3.63) is 100 Å². The topological polar surface area (TPSA) is 61.9 Å². The van der Waals surface area contributed by atoms with Gasteiger partial charge in [-0.1, -0.05) is 24.3 Å². The number of hydrogen-bond acceptors (Lipinski definition) is 8. The highest BCUT2D eigenvalue weighted by atomic mass is 16.5. The zero-order chi connectivity index (χ0) is 31.9. The average molecular weight is 621 g/mol. The Balaban J connectivity index is 1.41. The molecule has 2 unspecified atom stereocenters. The van der Waals surface area contributed by atoms with Crippen LogP contribution in [0, 0.1) is 0 Å². The molecule has 4 bridgehead atoms. The van der Waals surface area contributed by atoms with Gasteiger partial charge >= 0.3 is 0 Å². The Morgan fingerprint density at radius 3 is 1.76 bits per heavy atom. The Bertz CT molecular complexity index is 1780. The molecule has 2 atom stereocenters. The lowest BCUT2D eigenvalue weighted by Crippen LogP contribution is -2.34. The van der Waals surface area contributed by atoms with Gasteiger partial charge in [-0.15, -0.1) is 0 Å². The summed E-state index contributed by atoms with van der Waals surface area (Å²) in [7, 11) is 10.9. The molecule has 8 heteroatoms. The minimum Gasteiger partial charge on any atom is -0.493 e. The van der Waals surface area contributed by atoms with E-state index in [-0.39, 0.29) is 12.1 Å². The second kappa shape index (κ2) is 12.2. The summed E-state index contributed by atoms with van der Waals surface area (Å²) >= 11 is 0. The maximum absolute atomic E-state index is 6.76. The van der Waals surface area contributed by atoms with Crippen molar-refractivity contribution < 1.29 is 28.4 Å². The maximum atomic E-state index is 6.76. The van der Waals surface area contributed by atoms with Crippen molar-refractivity contribution in [1.29, 1.82) is 0 Å². The van der Waals surface area contributed by atoms with Crippen LogP contribution < -0.4 is 28.4 Å². The molecule has 0 aromatic heterocycles. The first-order valence-electron chi connectivity index (χ1n) is 15.6. The van der Waals surface area contributed by atoms with Crippen LogP contribution in [0.25, 0.3) is 6.08 Å². The molecule has 46 heavy (non-hydrogen) atoms. The van der Waals surface area contributed by atoms with E-state index in [9.17, 15) is 0 Å². The number of rotatable bonds is 4. The van der Waals surface area contributed by atoms with Gasteiger partial charge in [-0.25, -0.2) is 0 Å². The summed E-state index contributed by atoms with van der Waals surface area (Å²) < 4.78 is 36.9. The van der Waals surface area contributed by atoms with Gasteiger partial charge in [-0.05, 0) is 97.2 Å². The predicted molar refractivity (Wildman–Crippen MR) is 178 cm³/mol. The van der Waals surface area contributed by atoms with Crippen LogP contribution >= 0.6 is 0 Å². The zero-order valence-corrected chi connectivity index (χ0v) is 27.3. The van der Waals surface area contributed by atoms with Crippen molar-refractivity contribution in [2.24, 2.45) is 0 Å². The Morgan fingerprint density at radius 2 is 1.20 bits per heavy atom. The summed E-state index contributed by atoms with van der Waals surface area (Å²) in [5.74, 6) is 5.33. The van der Waals surface area contributed by atoms with Crippen molar-refractivity contribution in [3.63, 3.8) is 0 Å². The summed E-state index contributed by atoms with van der Waals surface area (Å²) in [6.45, 7) is 0.924. The van der Waals surface area contributed by atoms with Crippen LogP contribution in [0.3, 0.4) is 0 Å². The molecule has 0 N–H and O–H groups in total. The van der Waals surface area contributed by atoms with Crippen LogP contribution in [0.5, 0.6) is 46.0 Å². The minimum absolute atomic E-state index is 0.0125. The molecule has 0 radical (unpaired) electrons. The van der Waals surface area contributed by atoms with Crippen LogP contribution in [0.4, 0.5) is 0 Å². The van der Waals surface area contributed by atoms with Gasteiger partial charge in [-0.2, -0.15) is 0 Å². The quantitative estimate of drug-likeness (QED) is 0.231. The number of likely N-dealkylation sites (N-methyl/N-ethyl adjacent to an activating group) is 2. The molecular formula is C38H40N2O6. The van der Waals surface area contributed by atoms with E-state index < -0.39 is 0 Å². The SMILES string of the molecule is COc1cc2c3c(c1OC)Oc1ccc(cc1)CC1c4c(cc(OC)c(OC)c4Oc4ccc(cc4)CC3N(C)C=C2)CCN1C. The smallest absolute Gasteiger partial charge is 0.204 e. The molecular weight excluding hydrogens is 580 g/mol. The third kappa shape index (κ3) is 5.16. The Hall–Kier alpha value is -4.82. The zero-order valence-electron chi connectivity index (χ0n) is 27.3. The van der Waals surface area contributed by atoms with Crippen LogP contribution in [0.2, 0.25) is 0 Å². The molecule has 0 aliphatic carbocycles. The van der Waals surface area contributed by atoms with E-state index in [2.05, 4.69) is 66.5 Å². The molecule has 6 aliphatic heterocycles. The van der Waals surface area contributed by atoms with E-state index in [0.29, 0.717) is 34.5 Å². The molecule has 0 saturated heterocycles. The van der Waals surface area contributed by atoms with Gasteiger partial charge in [0.1, 0.15) is 11.5 Å². The summed E-state index contributed by atoms with van der Waals surface area (Å²) in [5.41, 5.74) is 6.78. The largest absolute Gasteiger partial charge is 0.493 e. The first-order valence-corrected chi connectivity index (χ1v) is 15.6. The van der Waals surface area contributed by atoms with E-state index in [1.807, 2.05) is 30.3 Å². The van der Waals surface area contributed by atoms with Gasteiger partial charge in [0, 0.05) is 30.8 Å². The fourth-order valence-electron chi connectivity index (χ4n) is 7.03. The van der Waals surface area contributed by atoms with E-state index in [0.717, 1.165) is 59.6 Å². The van der Waals surface area contributed by atoms with Gasteiger partial charge in [0.25, 0.3) is 0 Å². The van der Waals surface area contributed by atoms with Gasteiger partial charge in [0.2, 0.25) is 11.5 Å². The van der Waals surface area contributed by atoms with E-state index in [4.69, 9.17) is 28.4 Å². The lowest BCUT2D eigenvalue weighted by Gasteiger charge is -2.37. The summed E-state index contributed by atoms with van der Waals surface area (Å²) in [6.07, 6.45) is 6.61. The highest BCUT2D eigenvalue weighted by molar-refractivity contribution is 5.70. The third-order valence-electron chi connectivity index (χ3n) is 9.50. The Labute approximate surface area is 270 Å². The summed E-state index contributed by atoms with van der Waals surface area (Å²) in [6, 6.07) is 20.9. The standard InChI is InChI=1S/C38H40N2O6/c1-39-17-15-25-21-31(41-3)35(43-5)37-33(25)29(39)19-23-7-11-28(12-8-23)46-38-34-26(22-32(42-4)36(38)44-6)16-18-40(2)30(34)20-24-9-13-27(45-37)14-10-24/h7-15,17,21-22,29-30H,16,18-20H2,1-6H3. The summed E-state index contributed by atoms with van der Waals surface area (Å²) in [4.78, 5) is 4.61. The molecule has 0 amide bonds. The molecule has 0 fully saturated rings. The fraction of sp³-hybridized carbons (Fsp3) is 0.316. The Kier molecular flexibility index (Phi) is 7.90. The first-order chi connectivity index (χ1) is 22.4. The molecule has 6 heterocycles. The van der Waals surface area contributed by atoms with Crippen LogP contribution in [0.15, 0.2) is 66.9 Å². The van der Waals surface area contributed by atoms with Crippen molar-refractivity contribution in [1.82, 2.24) is 9.80 Å². The molecule has 6 aliphatic rings. The van der Waals surface area contributed by atoms with Crippen molar-refractivity contribution in [3.8, 4) is 46.0 Å². The number of hydrogen-bond donors (Lipinski definition) is 0. The minimum atomic E-state index is -0.0125. The van der Waals surface area contributed by atoms with Crippen molar-refractivity contribution >= 4 is 6.08 Å². The number of ether oxygens (including phenoxy) is 6. The Morgan fingerprint density at radius 1 is 0.652 bits per heavy atom. The number of benzene rings is 4. The highest BCUT2D eigenvalue weighted by Crippen LogP contribution is 2.52. The van der Waals surface area contributed by atoms with Crippen molar-refractivity contribution in [2.45, 2.75) is 31.3 Å². The molecule has 238 valence electrons. The normalized spacial score (nSPS) is 18.4. The lowest BCUT2D eigenvalue weighted by molar-refractivity contribution is 0.221.